The zero-order valence-electron chi connectivity index (χ0n) is 11.2. The van der Waals surface area contributed by atoms with Gasteiger partial charge in [-0.25, -0.2) is 0 Å². The van der Waals surface area contributed by atoms with Gasteiger partial charge in [-0.15, -0.1) is 0 Å². The van der Waals surface area contributed by atoms with E-state index in [0.717, 1.165) is 31.0 Å². The molecule has 1 aromatic heterocycles. The number of rotatable bonds is 4. The molecule has 0 spiro atoms. The molecule has 1 aliphatic heterocycles. The first-order valence-electron chi connectivity index (χ1n) is 6.58. The first kappa shape index (κ1) is 12.7. The molecule has 1 fully saturated rings. The Morgan fingerprint density at radius 2 is 2.24 bits per heavy atom. The normalized spacial score (nSPS) is 21.9. The van der Waals surface area contributed by atoms with Crippen molar-refractivity contribution < 1.29 is 4.42 Å². The molecule has 0 bridgehead atoms. The first-order valence-corrected chi connectivity index (χ1v) is 6.58. The van der Waals surface area contributed by atoms with Crippen LogP contribution in [-0.2, 0) is 6.42 Å². The van der Waals surface area contributed by atoms with E-state index in [1.807, 2.05) is 0 Å². The molecule has 1 atom stereocenters. The molecule has 2 heterocycles. The fourth-order valence-electron chi connectivity index (χ4n) is 2.63. The summed E-state index contributed by atoms with van der Waals surface area (Å²) in [6, 6.07) is 4.40. The number of nitrogens with zero attached hydrogens (tertiary/aromatic N) is 1. The highest BCUT2D eigenvalue weighted by Crippen LogP contribution is 2.34. The number of furan rings is 1. The molecule has 0 aromatic carbocycles. The Balaban J connectivity index is 2.11. The summed E-state index contributed by atoms with van der Waals surface area (Å²) in [6.45, 7) is 9.61. The predicted molar refractivity (Wildman–Crippen MR) is 69.9 cm³/mol. The molecule has 3 nitrogen and oxygen atoms in total. The minimum absolute atomic E-state index is 0.247. The summed E-state index contributed by atoms with van der Waals surface area (Å²) in [6.07, 6.45) is 2.19. The maximum Gasteiger partial charge on any atom is 0.122 e. The van der Waals surface area contributed by atoms with Gasteiger partial charge in [-0.1, -0.05) is 20.8 Å². The summed E-state index contributed by atoms with van der Waals surface area (Å²) in [5.74, 6) is 2.08. The van der Waals surface area contributed by atoms with Gasteiger partial charge in [0.2, 0.25) is 0 Å². The van der Waals surface area contributed by atoms with Crippen molar-refractivity contribution in [2.24, 2.45) is 11.1 Å². The molecular formula is C14H24N2O. The lowest BCUT2D eigenvalue weighted by Crippen LogP contribution is -2.32. The highest BCUT2D eigenvalue weighted by Gasteiger charge is 2.34. The van der Waals surface area contributed by atoms with Crippen molar-refractivity contribution in [2.45, 2.75) is 39.7 Å². The molecule has 0 aliphatic carbocycles. The zero-order valence-corrected chi connectivity index (χ0v) is 11.2. The van der Waals surface area contributed by atoms with Crippen LogP contribution in [0.2, 0.25) is 0 Å². The molecule has 0 radical (unpaired) electrons. The Morgan fingerprint density at radius 1 is 1.47 bits per heavy atom. The summed E-state index contributed by atoms with van der Waals surface area (Å²) < 4.78 is 5.84. The van der Waals surface area contributed by atoms with Crippen LogP contribution < -0.4 is 5.73 Å². The number of aryl methyl sites for hydroxylation is 1. The van der Waals surface area contributed by atoms with Crippen LogP contribution in [-0.4, -0.2) is 24.5 Å². The van der Waals surface area contributed by atoms with Crippen LogP contribution in [0.1, 0.15) is 44.8 Å². The predicted octanol–water partition coefficient (Wildman–Crippen LogP) is 2.57. The minimum atomic E-state index is 0.247. The van der Waals surface area contributed by atoms with E-state index in [4.69, 9.17) is 10.2 Å². The second kappa shape index (κ2) is 4.83. The second-order valence-corrected chi connectivity index (χ2v) is 5.79. The van der Waals surface area contributed by atoms with Crippen molar-refractivity contribution in [3.05, 3.63) is 23.7 Å². The zero-order chi connectivity index (χ0) is 12.5. The van der Waals surface area contributed by atoms with Crippen LogP contribution in [0.3, 0.4) is 0 Å². The maximum absolute atomic E-state index is 5.92. The highest BCUT2D eigenvalue weighted by atomic mass is 16.3. The van der Waals surface area contributed by atoms with Crippen molar-refractivity contribution in [3.63, 3.8) is 0 Å². The molecule has 1 aromatic rings. The molecule has 96 valence electrons. The Bertz CT molecular complexity index is 370. The van der Waals surface area contributed by atoms with Gasteiger partial charge >= 0.3 is 0 Å². The third-order valence-electron chi connectivity index (χ3n) is 3.73. The summed E-state index contributed by atoms with van der Waals surface area (Å²) in [4.78, 5) is 2.46. The Hall–Kier alpha value is -0.800. The van der Waals surface area contributed by atoms with Crippen LogP contribution in [0.15, 0.2) is 16.5 Å². The fraction of sp³-hybridized carbons (Fsp3) is 0.714. The molecule has 2 N–H and O–H groups in total. The number of hydrogen-bond donors (Lipinski definition) is 1. The number of nitrogens with two attached hydrogens (primary N) is 1. The van der Waals surface area contributed by atoms with Crippen molar-refractivity contribution in [3.8, 4) is 0 Å². The van der Waals surface area contributed by atoms with E-state index in [2.05, 4.69) is 37.8 Å². The Kier molecular flexibility index (Phi) is 3.59. The highest BCUT2D eigenvalue weighted by molar-refractivity contribution is 5.12. The Labute approximate surface area is 104 Å². The molecule has 3 heteroatoms. The molecule has 1 unspecified atom stereocenters. The average molecular weight is 236 g/mol. The van der Waals surface area contributed by atoms with Gasteiger partial charge in [0.15, 0.2) is 0 Å². The smallest absolute Gasteiger partial charge is 0.122 e. The van der Waals surface area contributed by atoms with Gasteiger partial charge in [-0.2, -0.15) is 0 Å². The minimum Gasteiger partial charge on any atom is -0.464 e. The van der Waals surface area contributed by atoms with Gasteiger partial charge in [0.25, 0.3) is 0 Å². The molecule has 17 heavy (non-hydrogen) atoms. The lowest BCUT2D eigenvalue weighted by Gasteiger charge is -2.26. The van der Waals surface area contributed by atoms with E-state index in [-0.39, 0.29) is 6.04 Å². The molecule has 2 rings (SSSR count). The van der Waals surface area contributed by atoms with E-state index in [0.29, 0.717) is 12.0 Å². The molecular weight excluding hydrogens is 212 g/mol. The van der Waals surface area contributed by atoms with Gasteiger partial charge in [-0.3, -0.25) is 4.90 Å². The molecule has 0 saturated carbocycles. The van der Waals surface area contributed by atoms with Gasteiger partial charge in [0.1, 0.15) is 11.5 Å². The van der Waals surface area contributed by atoms with Crippen LogP contribution in [0.4, 0.5) is 0 Å². The molecule has 0 amide bonds. The van der Waals surface area contributed by atoms with E-state index < -0.39 is 0 Å². The van der Waals surface area contributed by atoms with Crippen molar-refractivity contribution >= 4 is 0 Å². The van der Waals surface area contributed by atoms with Gasteiger partial charge in [0, 0.05) is 19.5 Å². The average Bonchev–Trinajstić information content (AvgIpc) is 2.87. The quantitative estimate of drug-likeness (QED) is 0.873. The molecule has 1 saturated heterocycles. The topological polar surface area (TPSA) is 42.4 Å². The maximum atomic E-state index is 5.92. The van der Waals surface area contributed by atoms with Gasteiger partial charge in [0.05, 0.1) is 6.04 Å². The monoisotopic (exact) mass is 236 g/mol. The third kappa shape index (κ3) is 2.72. The summed E-state index contributed by atoms with van der Waals surface area (Å²) in [5, 5.41) is 0. The summed E-state index contributed by atoms with van der Waals surface area (Å²) in [7, 11) is 0. The summed E-state index contributed by atoms with van der Waals surface area (Å²) in [5.41, 5.74) is 6.33. The lowest BCUT2D eigenvalue weighted by molar-refractivity contribution is 0.197. The summed E-state index contributed by atoms with van der Waals surface area (Å²) >= 11 is 0. The second-order valence-electron chi connectivity index (χ2n) is 5.79. The first-order chi connectivity index (χ1) is 8.05. The number of hydrogen-bond acceptors (Lipinski definition) is 3. The van der Waals surface area contributed by atoms with Gasteiger partial charge < -0.3 is 10.2 Å². The van der Waals surface area contributed by atoms with Gasteiger partial charge in [-0.05, 0) is 30.5 Å². The SMILES string of the molecule is CCc1ccc(C(CN)N2CCC(C)(C)C2)o1. The third-order valence-corrected chi connectivity index (χ3v) is 3.73. The van der Waals surface area contributed by atoms with Crippen LogP contribution in [0, 0.1) is 5.41 Å². The lowest BCUT2D eigenvalue weighted by atomic mass is 9.93. The van der Waals surface area contributed by atoms with Crippen LogP contribution in [0.25, 0.3) is 0 Å². The van der Waals surface area contributed by atoms with E-state index >= 15 is 0 Å². The largest absolute Gasteiger partial charge is 0.464 e. The van der Waals surface area contributed by atoms with Crippen molar-refractivity contribution in [1.82, 2.24) is 4.90 Å². The standard InChI is InChI=1S/C14H24N2O/c1-4-11-5-6-13(17-11)12(9-15)16-8-7-14(2,3)10-16/h5-6,12H,4,7-10,15H2,1-3H3. The van der Waals surface area contributed by atoms with Crippen LogP contribution >= 0.6 is 0 Å². The van der Waals surface area contributed by atoms with E-state index in [1.165, 1.54) is 6.42 Å². The van der Waals surface area contributed by atoms with Crippen molar-refractivity contribution in [2.75, 3.05) is 19.6 Å². The Morgan fingerprint density at radius 3 is 2.71 bits per heavy atom. The van der Waals surface area contributed by atoms with E-state index in [1.54, 1.807) is 0 Å². The molecule has 1 aliphatic rings. The van der Waals surface area contributed by atoms with Crippen LogP contribution in [0.5, 0.6) is 0 Å². The number of likely N-dealkylation sites (tertiary alicyclic amines) is 1. The van der Waals surface area contributed by atoms with Crippen molar-refractivity contribution in [1.29, 1.82) is 0 Å². The fourth-order valence-corrected chi connectivity index (χ4v) is 2.63. The van der Waals surface area contributed by atoms with E-state index in [9.17, 15) is 0 Å².